The third-order valence-corrected chi connectivity index (χ3v) is 5.57. The van der Waals surface area contributed by atoms with Crippen molar-refractivity contribution in [3.05, 3.63) is 88.3 Å². The first-order chi connectivity index (χ1) is 15.6. The van der Waals surface area contributed by atoms with Crippen LogP contribution >= 0.6 is 0 Å². The first kappa shape index (κ1) is 21.8. The molecule has 0 radical (unpaired) electrons. The van der Waals surface area contributed by atoms with Gasteiger partial charge in [-0.2, -0.15) is 0 Å². The molecule has 1 aliphatic heterocycles. The van der Waals surface area contributed by atoms with E-state index in [0.29, 0.717) is 43.1 Å². The lowest BCUT2D eigenvalue weighted by Gasteiger charge is -2.17. The van der Waals surface area contributed by atoms with Crippen molar-refractivity contribution in [1.29, 1.82) is 5.41 Å². The molecule has 1 aliphatic rings. The largest absolute Gasteiger partial charge is 0.489 e. The fraction of sp³-hybridized carbons (Fsp3) is 0.280. The average molecular weight is 435 g/mol. The van der Waals surface area contributed by atoms with Crippen LogP contribution in [0.25, 0.3) is 5.69 Å². The summed E-state index contributed by atoms with van der Waals surface area (Å²) in [5.74, 6) is 0.512. The van der Waals surface area contributed by atoms with E-state index >= 15 is 0 Å². The second-order valence-electron chi connectivity index (χ2n) is 7.87. The van der Waals surface area contributed by atoms with Crippen molar-refractivity contribution in [3.8, 4) is 11.4 Å². The van der Waals surface area contributed by atoms with Gasteiger partial charge in [0, 0.05) is 61.6 Å². The van der Waals surface area contributed by atoms with Gasteiger partial charge in [0.1, 0.15) is 18.5 Å². The van der Waals surface area contributed by atoms with E-state index < -0.39 is 6.17 Å². The maximum Gasteiger partial charge on any atom is 0.258 e. The van der Waals surface area contributed by atoms with Crippen molar-refractivity contribution in [3.63, 3.8) is 0 Å². The molecule has 7 heteroatoms. The van der Waals surface area contributed by atoms with Crippen molar-refractivity contribution < 1.29 is 9.13 Å². The standard InChI is InChI=1S/C25H27FN4O2/c26-21-8-11-29(17-21)13-10-28-24-7-6-22(14-20(24)16-27)30-12-9-23(15-25(30)31)32-18-19-4-2-1-3-5-19/h1-7,9,12,14-16,21,27-28H,8,10-11,13,17-18H2/t21-/m0/s1. The van der Waals surface area contributed by atoms with Crippen LogP contribution in [0.5, 0.6) is 5.75 Å². The van der Waals surface area contributed by atoms with Crippen molar-refractivity contribution in [2.75, 3.05) is 31.5 Å². The molecule has 1 atom stereocenters. The van der Waals surface area contributed by atoms with Gasteiger partial charge in [-0.25, -0.2) is 4.39 Å². The van der Waals surface area contributed by atoms with E-state index in [0.717, 1.165) is 24.3 Å². The van der Waals surface area contributed by atoms with Gasteiger partial charge in [0.25, 0.3) is 5.56 Å². The van der Waals surface area contributed by atoms with Gasteiger partial charge in [0.2, 0.25) is 0 Å². The Kier molecular flexibility index (Phi) is 6.97. The quantitative estimate of drug-likeness (QED) is 0.502. The predicted molar refractivity (Wildman–Crippen MR) is 125 cm³/mol. The monoisotopic (exact) mass is 434 g/mol. The SMILES string of the molecule is N=Cc1cc(-n2ccc(OCc3ccccc3)cc2=O)ccc1NCCN1CC[C@H](F)C1. The summed E-state index contributed by atoms with van der Waals surface area (Å²) in [6, 6.07) is 18.5. The van der Waals surface area contributed by atoms with Crippen LogP contribution in [-0.2, 0) is 6.61 Å². The van der Waals surface area contributed by atoms with Crippen molar-refractivity contribution >= 4 is 11.9 Å². The molecule has 1 fully saturated rings. The fourth-order valence-corrected chi connectivity index (χ4v) is 3.82. The molecule has 0 saturated carbocycles. The summed E-state index contributed by atoms with van der Waals surface area (Å²) in [7, 11) is 0. The minimum Gasteiger partial charge on any atom is -0.489 e. The summed E-state index contributed by atoms with van der Waals surface area (Å²) < 4.78 is 20.6. The summed E-state index contributed by atoms with van der Waals surface area (Å²) in [5.41, 5.74) is 3.00. The van der Waals surface area contributed by atoms with Gasteiger partial charge in [-0.3, -0.25) is 14.3 Å². The van der Waals surface area contributed by atoms with Crippen molar-refractivity contribution in [2.45, 2.75) is 19.2 Å². The van der Waals surface area contributed by atoms with Crippen LogP contribution < -0.4 is 15.6 Å². The van der Waals surface area contributed by atoms with Crippen LogP contribution in [-0.4, -0.2) is 48.0 Å². The van der Waals surface area contributed by atoms with Gasteiger partial charge in [0.15, 0.2) is 0 Å². The molecule has 2 aromatic carbocycles. The van der Waals surface area contributed by atoms with Gasteiger partial charge < -0.3 is 15.5 Å². The summed E-state index contributed by atoms with van der Waals surface area (Å²) in [5, 5.41) is 11.1. The average Bonchev–Trinajstić information content (AvgIpc) is 3.23. The minimum atomic E-state index is -0.722. The molecule has 0 spiro atoms. The highest BCUT2D eigenvalue weighted by atomic mass is 19.1. The number of rotatable bonds is 9. The molecule has 1 aromatic heterocycles. The van der Waals surface area contributed by atoms with Crippen LogP contribution in [0.3, 0.4) is 0 Å². The fourth-order valence-electron chi connectivity index (χ4n) is 3.82. The highest BCUT2D eigenvalue weighted by Crippen LogP contribution is 2.19. The van der Waals surface area contributed by atoms with Gasteiger partial charge in [-0.15, -0.1) is 0 Å². The van der Waals surface area contributed by atoms with Crippen molar-refractivity contribution in [2.24, 2.45) is 0 Å². The Bertz CT molecular complexity index is 1120. The number of aromatic nitrogens is 1. The molecule has 2 N–H and O–H groups in total. The number of likely N-dealkylation sites (tertiary alicyclic amines) is 1. The van der Waals surface area contributed by atoms with E-state index in [2.05, 4.69) is 10.2 Å². The molecule has 0 unspecified atom stereocenters. The number of alkyl halides is 1. The first-order valence-electron chi connectivity index (χ1n) is 10.8. The molecule has 3 aromatic rings. The summed E-state index contributed by atoms with van der Waals surface area (Å²) in [6.45, 7) is 3.09. The maximum atomic E-state index is 13.3. The van der Waals surface area contributed by atoms with E-state index in [1.807, 2.05) is 42.5 Å². The van der Waals surface area contributed by atoms with Gasteiger partial charge in [-0.05, 0) is 36.2 Å². The number of hydrogen-bond acceptors (Lipinski definition) is 5. The van der Waals surface area contributed by atoms with E-state index in [1.165, 1.54) is 16.8 Å². The van der Waals surface area contributed by atoms with Crippen molar-refractivity contribution in [1.82, 2.24) is 9.47 Å². The highest BCUT2D eigenvalue weighted by molar-refractivity contribution is 5.86. The first-order valence-corrected chi connectivity index (χ1v) is 10.8. The van der Waals surface area contributed by atoms with Crippen LogP contribution in [0.2, 0.25) is 0 Å². The Labute approximate surface area is 186 Å². The molecule has 32 heavy (non-hydrogen) atoms. The predicted octanol–water partition coefficient (Wildman–Crippen LogP) is 3.87. The zero-order chi connectivity index (χ0) is 22.3. The third kappa shape index (κ3) is 5.42. The summed E-state index contributed by atoms with van der Waals surface area (Å²) in [4.78, 5) is 14.8. The minimum absolute atomic E-state index is 0.206. The van der Waals surface area contributed by atoms with Gasteiger partial charge in [-0.1, -0.05) is 30.3 Å². The van der Waals surface area contributed by atoms with Crippen LogP contribution in [0.15, 0.2) is 71.7 Å². The Morgan fingerprint density at radius 1 is 1.16 bits per heavy atom. The molecule has 166 valence electrons. The molecule has 6 nitrogen and oxygen atoms in total. The molecule has 4 rings (SSSR count). The van der Waals surface area contributed by atoms with E-state index in [1.54, 1.807) is 18.3 Å². The Morgan fingerprint density at radius 2 is 2.00 bits per heavy atom. The number of anilines is 1. The number of halogens is 1. The topological polar surface area (TPSA) is 70.3 Å². The second-order valence-corrected chi connectivity index (χ2v) is 7.87. The smallest absolute Gasteiger partial charge is 0.258 e. The number of ether oxygens (including phenoxy) is 1. The Morgan fingerprint density at radius 3 is 2.72 bits per heavy atom. The van der Waals surface area contributed by atoms with E-state index in [4.69, 9.17) is 10.1 Å². The van der Waals surface area contributed by atoms with Crippen LogP contribution in [0, 0.1) is 5.41 Å². The number of pyridine rings is 1. The van der Waals surface area contributed by atoms with Gasteiger partial charge in [0.05, 0.1) is 0 Å². The molecule has 2 heterocycles. The Hall–Kier alpha value is -3.45. The number of nitrogens with zero attached hydrogens (tertiary/aromatic N) is 2. The van der Waals surface area contributed by atoms with Crippen LogP contribution in [0.1, 0.15) is 17.5 Å². The van der Waals surface area contributed by atoms with Crippen LogP contribution in [0.4, 0.5) is 10.1 Å². The zero-order valence-corrected chi connectivity index (χ0v) is 17.8. The molecule has 0 aliphatic carbocycles. The van der Waals surface area contributed by atoms with E-state index in [-0.39, 0.29) is 5.56 Å². The lowest BCUT2D eigenvalue weighted by Crippen LogP contribution is -2.27. The summed E-state index contributed by atoms with van der Waals surface area (Å²) in [6.07, 6.45) is 2.83. The lowest BCUT2D eigenvalue weighted by molar-refractivity contribution is 0.295. The van der Waals surface area contributed by atoms with Gasteiger partial charge >= 0.3 is 0 Å². The number of hydrogen-bond donors (Lipinski definition) is 2. The zero-order valence-electron chi connectivity index (χ0n) is 17.8. The highest BCUT2D eigenvalue weighted by Gasteiger charge is 2.20. The second kappa shape index (κ2) is 10.2. The molecular weight excluding hydrogens is 407 g/mol. The maximum absolute atomic E-state index is 13.3. The number of benzene rings is 2. The summed E-state index contributed by atoms with van der Waals surface area (Å²) >= 11 is 0. The lowest BCUT2D eigenvalue weighted by atomic mass is 10.1. The molecular formula is C25H27FN4O2. The normalized spacial score (nSPS) is 16.1. The van der Waals surface area contributed by atoms with E-state index in [9.17, 15) is 9.18 Å². The molecule has 0 bridgehead atoms. The third-order valence-electron chi connectivity index (χ3n) is 5.57. The number of nitrogens with one attached hydrogen (secondary N) is 2. The Balaban J connectivity index is 1.41. The molecule has 0 amide bonds. The molecule has 1 saturated heterocycles.